The highest BCUT2D eigenvalue weighted by atomic mass is 19.1. The van der Waals surface area contributed by atoms with Crippen molar-refractivity contribution in [1.82, 2.24) is 20.3 Å². The minimum absolute atomic E-state index is 0.143. The summed E-state index contributed by atoms with van der Waals surface area (Å²) < 4.78 is 13.9. The maximum Gasteiger partial charge on any atom is 0.253 e. The number of nitrogens with zero attached hydrogens (tertiary/aromatic N) is 3. The molecule has 0 spiro atoms. The first-order valence-corrected chi connectivity index (χ1v) is 6.26. The van der Waals surface area contributed by atoms with Gasteiger partial charge in [-0.05, 0) is 6.07 Å². The summed E-state index contributed by atoms with van der Waals surface area (Å²) in [7, 11) is 3.56. The number of carbonyl (C=O) groups excluding carboxylic acids is 1. The van der Waals surface area contributed by atoms with Crippen molar-refractivity contribution in [2.45, 2.75) is 6.42 Å². The number of halogens is 1. The summed E-state index contributed by atoms with van der Waals surface area (Å²) in [5, 5.41) is 2.75. The van der Waals surface area contributed by atoms with Crippen LogP contribution < -0.4 is 10.2 Å². The summed E-state index contributed by atoms with van der Waals surface area (Å²) in [6.07, 6.45) is 1.84. The Morgan fingerprint density at radius 3 is 2.90 bits per heavy atom. The van der Waals surface area contributed by atoms with E-state index in [1.165, 1.54) is 0 Å². The quantitative estimate of drug-likeness (QED) is 0.856. The van der Waals surface area contributed by atoms with Gasteiger partial charge < -0.3 is 15.2 Å². The molecule has 3 rings (SSSR count). The summed E-state index contributed by atoms with van der Waals surface area (Å²) in [6, 6.07) is 1.63. The van der Waals surface area contributed by atoms with Gasteiger partial charge in [0, 0.05) is 32.8 Å². The normalized spacial score (nSPS) is 13.8. The molecule has 2 N–H and O–H groups in total. The topological polar surface area (TPSA) is 73.9 Å². The molecule has 0 saturated carbocycles. The van der Waals surface area contributed by atoms with Crippen molar-refractivity contribution in [3.63, 3.8) is 0 Å². The van der Waals surface area contributed by atoms with E-state index in [2.05, 4.69) is 20.3 Å². The van der Waals surface area contributed by atoms with Crippen molar-refractivity contribution in [2.75, 3.05) is 25.5 Å². The fraction of sp³-hybridized carbons (Fsp3) is 0.308. The Labute approximate surface area is 115 Å². The smallest absolute Gasteiger partial charge is 0.253 e. The number of nitrogens with one attached hydrogen (secondary N) is 2. The van der Waals surface area contributed by atoms with Crippen LogP contribution in [0.4, 0.5) is 10.3 Å². The number of H-pyrrole nitrogens is 1. The van der Waals surface area contributed by atoms with Crippen molar-refractivity contribution < 1.29 is 9.18 Å². The monoisotopic (exact) mass is 275 g/mol. The molecular weight excluding hydrogens is 261 g/mol. The molecule has 104 valence electrons. The number of anilines is 1. The van der Waals surface area contributed by atoms with Crippen LogP contribution in [0.25, 0.3) is 11.4 Å². The lowest BCUT2D eigenvalue weighted by Gasteiger charge is -2.11. The molecule has 0 aromatic carbocycles. The molecule has 1 aliphatic rings. The number of aromatic amines is 1. The first-order valence-electron chi connectivity index (χ1n) is 6.26. The molecule has 2 aromatic heterocycles. The van der Waals surface area contributed by atoms with Crippen molar-refractivity contribution in [1.29, 1.82) is 0 Å². The average Bonchev–Trinajstić information content (AvgIpc) is 2.84. The molecule has 0 atom stereocenters. The van der Waals surface area contributed by atoms with Crippen molar-refractivity contribution >= 4 is 11.9 Å². The Balaban J connectivity index is 2.09. The van der Waals surface area contributed by atoms with Crippen LogP contribution in [0.15, 0.2) is 12.3 Å². The number of fused-ring (bicyclic) bond motifs is 1. The van der Waals surface area contributed by atoms with Gasteiger partial charge in [0.05, 0.1) is 17.5 Å². The van der Waals surface area contributed by atoms with Gasteiger partial charge in [-0.3, -0.25) is 4.79 Å². The maximum atomic E-state index is 13.9. The Bertz CT molecular complexity index is 679. The molecular formula is C13H14FN5O. The van der Waals surface area contributed by atoms with Crippen molar-refractivity contribution in [3.8, 4) is 11.4 Å². The first kappa shape index (κ1) is 12.6. The van der Waals surface area contributed by atoms with E-state index in [1.54, 1.807) is 25.1 Å². The fourth-order valence-corrected chi connectivity index (χ4v) is 2.18. The third kappa shape index (κ3) is 2.01. The summed E-state index contributed by atoms with van der Waals surface area (Å²) in [4.78, 5) is 24.6. The molecule has 2 aromatic rings. The van der Waals surface area contributed by atoms with Crippen LogP contribution in [0.5, 0.6) is 0 Å². The second kappa shape index (κ2) is 4.59. The lowest BCUT2D eigenvalue weighted by Crippen LogP contribution is -2.31. The molecule has 7 heteroatoms. The third-order valence-electron chi connectivity index (χ3n) is 3.19. The van der Waals surface area contributed by atoms with Gasteiger partial charge in [0.1, 0.15) is 5.69 Å². The Kier molecular flexibility index (Phi) is 2.89. The van der Waals surface area contributed by atoms with E-state index < -0.39 is 5.82 Å². The molecule has 1 amide bonds. The van der Waals surface area contributed by atoms with Gasteiger partial charge in [0.2, 0.25) is 5.95 Å². The van der Waals surface area contributed by atoms with E-state index in [0.29, 0.717) is 30.2 Å². The lowest BCUT2D eigenvalue weighted by molar-refractivity contribution is 0.0946. The second-order valence-electron chi connectivity index (χ2n) is 4.84. The highest BCUT2D eigenvalue weighted by molar-refractivity contribution is 5.97. The molecule has 0 fully saturated rings. The van der Waals surface area contributed by atoms with Crippen LogP contribution >= 0.6 is 0 Å². The highest BCUT2D eigenvalue weighted by Gasteiger charge is 2.22. The summed E-state index contributed by atoms with van der Waals surface area (Å²) in [5.74, 6) is -0.246. The minimum Gasteiger partial charge on any atom is -0.356 e. The molecule has 0 aliphatic carbocycles. The van der Waals surface area contributed by atoms with Crippen LogP contribution in [0, 0.1) is 5.82 Å². The highest BCUT2D eigenvalue weighted by Crippen LogP contribution is 2.25. The zero-order valence-electron chi connectivity index (χ0n) is 11.2. The molecule has 3 heterocycles. The van der Waals surface area contributed by atoms with E-state index in [9.17, 15) is 9.18 Å². The van der Waals surface area contributed by atoms with Gasteiger partial charge in [-0.15, -0.1) is 0 Å². The van der Waals surface area contributed by atoms with Crippen molar-refractivity contribution in [2.24, 2.45) is 0 Å². The van der Waals surface area contributed by atoms with Gasteiger partial charge in [-0.25, -0.2) is 14.4 Å². The number of rotatable bonds is 2. The third-order valence-corrected chi connectivity index (χ3v) is 3.19. The standard InChI is InChI=1S/C13H14FN5O/c1-19(2)13-16-6-8(14)11(18-13)10-5-7-9(17-10)3-4-15-12(7)20/h5-6,17H,3-4H2,1-2H3,(H,15,20). The molecule has 0 saturated heterocycles. The molecule has 0 radical (unpaired) electrons. The van der Waals surface area contributed by atoms with Gasteiger partial charge in [-0.2, -0.15) is 0 Å². The molecule has 6 nitrogen and oxygen atoms in total. The second-order valence-corrected chi connectivity index (χ2v) is 4.84. The van der Waals surface area contributed by atoms with E-state index in [1.807, 2.05) is 0 Å². The van der Waals surface area contributed by atoms with E-state index in [4.69, 9.17) is 0 Å². The average molecular weight is 275 g/mol. The van der Waals surface area contributed by atoms with Gasteiger partial charge in [0.25, 0.3) is 5.91 Å². The van der Waals surface area contributed by atoms with E-state index >= 15 is 0 Å². The molecule has 1 aliphatic heterocycles. The van der Waals surface area contributed by atoms with Gasteiger partial charge in [0.15, 0.2) is 5.82 Å². The Hall–Kier alpha value is -2.44. The predicted molar refractivity (Wildman–Crippen MR) is 72.1 cm³/mol. The minimum atomic E-state index is -0.519. The van der Waals surface area contributed by atoms with Crippen LogP contribution in [0.2, 0.25) is 0 Å². The van der Waals surface area contributed by atoms with Crippen LogP contribution in [-0.2, 0) is 6.42 Å². The number of hydrogen-bond donors (Lipinski definition) is 2. The van der Waals surface area contributed by atoms with Crippen LogP contribution in [-0.4, -0.2) is 41.5 Å². The summed E-state index contributed by atoms with van der Waals surface area (Å²) in [6.45, 7) is 0.584. The zero-order valence-corrected chi connectivity index (χ0v) is 11.2. The summed E-state index contributed by atoms with van der Waals surface area (Å²) in [5.41, 5.74) is 2.03. The number of aromatic nitrogens is 3. The van der Waals surface area contributed by atoms with Crippen LogP contribution in [0.3, 0.4) is 0 Å². The zero-order chi connectivity index (χ0) is 14.3. The Morgan fingerprint density at radius 1 is 1.40 bits per heavy atom. The lowest BCUT2D eigenvalue weighted by atomic mass is 10.1. The van der Waals surface area contributed by atoms with Crippen LogP contribution in [0.1, 0.15) is 16.1 Å². The van der Waals surface area contributed by atoms with E-state index in [-0.39, 0.29) is 11.6 Å². The molecule has 0 unspecified atom stereocenters. The Morgan fingerprint density at radius 2 is 2.20 bits per heavy atom. The van der Waals surface area contributed by atoms with E-state index in [0.717, 1.165) is 11.9 Å². The maximum absolute atomic E-state index is 13.9. The van der Waals surface area contributed by atoms with Gasteiger partial charge >= 0.3 is 0 Å². The fourth-order valence-electron chi connectivity index (χ4n) is 2.18. The number of hydrogen-bond acceptors (Lipinski definition) is 4. The number of carbonyl (C=O) groups is 1. The predicted octanol–water partition coefficient (Wildman–Crippen LogP) is 0.963. The SMILES string of the molecule is CN(C)c1ncc(F)c(-c2cc3c([nH]2)CCNC3=O)n1. The number of amides is 1. The first-order chi connectivity index (χ1) is 9.56. The largest absolute Gasteiger partial charge is 0.356 e. The summed E-state index contributed by atoms with van der Waals surface area (Å²) >= 11 is 0. The van der Waals surface area contributed by atoms with Gasteiger partial charge in [-0.1, -0.05) is 0 Å². The molecule has 0 bridgehead atoms. The molecule has 20 heavy (non-hydrogen) atoms. The van der Waals surface area contributed by atoms with Crippen molar-refractivity contribution in [3.05, 3.63) is 29.3 Å².